The first kappa shape index (κ1) is 15.1. The van der Waals surface area contributed by atoms with E-state index in [1.165, 1.54) is 0 Å². The molecule has 0 aromatic heterocycles. The molecule has 2 aliphatic rings. The first-order valence-electron chi connectivity index (χ1n) is 7.54. The molecule has 6 heteroatoms. The second-order valence-corrected chi connectivity index (χ2v) is 5.71. The molecule has 1 aliphatic heterocycles. The molecule has 1 atom stereocenters. The molecule has 114 valence electrons. The summed E-state index contributed by atoms with van der Waals surface area (Å²) in [5.74, 6) is 0.0522. The summed E-state index contributed by atoms with van der Waals surface area (Å²) in [6.45, 7) is 6.19. The zero-order valence-corrected chi connectivity index (χ0v) is 12.4. The van der Waals surface area contributed by atoms with Crippen molar-refractivity contribution in [1.29, 1.82) is 0 Å². The molecule has 6 nitrogen and oxygen atoms in total. The van der Waals surface area contributed by atoms with Gasteiger partial charge in [-0.05, 0) is 26.7 Å². The highest BCUT2D eigenvalue weighted by Gasteiger charge is 2.45. The van der Waals surface area contributed by atoms with Crippen LogP contribution in [-0.4, -0.2) is 54.7 Å². The van der Waals surface area contributed by atoms with Gasteiger partial charge in [-0.2, -0.15) is 0 Å². The van der Waals surface area contributed by atoms with E-state index in [4.69, 9.17) is 4.74 Å². The largest absolute Gasteiger partial charge is 0.375 e. The molecule has 2 rings (SSSR count). The lowest BCUT2D eigenvalue weighted by atomic mass is 9.95. The summed E-state index contributed by atoms with van der Waals surface area (Å²) in [7, 11) is 0. The van der Waals surface area contributed by atoms with Gasteiger partial charge in [0.1, 0.15) is 5.54 Å². The molecule has 0 unspecified atom stereocenters. The molecule has 0 spiro atoms. The predicted octanol–water partition coefficient (Wildman–Crippen LogP) is 0.866. The number of carbonyl (C=O) groups excluding carboxylic acids is 2. The van der Waals surface area contributed by atoms with Gasteiger partial charge in [-0.1, -0.05) is 12.8 Å². The van der Waals surface area contributed by atoms with E-state index in [0.29, 0.717) is 26.2 Å². The smallest absolute Gasteiger partial charge is 0.315 e. The topological polar surface area (TPSA) is 70.7 Å². The van der Waals surface area contributed by atoms with Gasteiger partial charge in [-0.25, -0.2) is 4.79 Å². The third-order valence-electron chi connectivity index (χ3n) is 4.08. The molecule has 2 fully saturated rings. The fourth-order valence-corrected chi connectivity index (χ4v) is 3.10. The molecule has 0 radical (unpaired) electrons. The van der Waals surface area contributed by atoms with Crippen LogP contribution in [0.5, 0.6) is 0 Å². The van der Waals surface area contributed by atoms with Gasteiger partial charge in [0.25, 0.3) is 0 Å². The number of morpholine rings is 1. The second-order valence-electron chi connectivity index (χ2n) is 5.71. The number of nitrogens with zero attached hydrogens (tertiary/aromatic N) is 1. The number of amides is 3. The fraction of sp³-hybridized carbons (Fsp3) is 0.857. The van der Waals surface area contributed by atoms with Crippen molar-refractivity contribution in [2.45, 2.75) is 51.2 Å². The van der Waals surface area contributed by atoms with Gasteiger partial charge in [0.05, 0.1) is 12.7 Å². The second kappa shape index (κ2) is 6.43. The van der Waals surface area contributed by atoms with Crippen molar-refractivity contribution in [2.75, 3.05) is 26.2 Å². The van der Waals surface area contributed by atoms with E-state index in [1.807, 2.05) is 18.7 Å². The summed E-state index contributed by atoms with van der Waals surface area (Å²) in [6, 6.07) is -0.246. The molecule has 0 aromatic carbocycles. The van der Waals surface area contributed by atoms with Crippen LogP contribution in [0.1, 0.15) is 39.5 Å². The number of urea groups is 1. The van der Waals surface area contributed by atoms with Crippen molar-refractivity contribution in [3.63, 3.8) is 0 Å². The third-order valence-corrected chi connectivity index (χ3v) is 4.08. The van der Waals surface area contributed by atoms with E-state index in [0.717, 1.165) is 25.7 Å². The number of nitrogens with one attached hydrogen (secondary N) is 2. The van der Waals surface area contributed by atoms with Gasteiger partial charge in [0, 0.05) is 19.6 Å². The third kappa shape index (κ3) is 3.23. The van der Waals surface area contributed by atoms with Gasteiger partial charge in [-0.3, -0.25) is 4.79 Å². The lowest BCUT2D eigenvalue weighted by Gasteiger charge is -2.38. The lowest BCUT2D eigenvalue weighted by Crippen LogP contribution is -2.62. The van der Waals surface area contributed by atoms with E-state index in [-0.39, 0.29) is 18.0 Å². The molecule has 20 heavy (non-hydrogen) atoms. The van der Waals surface area contributed by atoms with Gasteiger partial charge >= 0.3 is 6.03 Å². The molecular weight excluding hydrogens is 258 g/mol. The Kier molecular flexibility index (Phi) is 4.86. The highest BCUT2D eigenvalue weighted by atomic mass is 16.5. The minimum absolute atomic E-state index is 0.0522. The summed E-state index contributed by atoms with van der Waals surface area (Å²) in [4.78, 5) is 26.5. The lowest BCUT2D eigenvalue weighted by molar-refractivity contribution is -0.144. The zero-order chi connectivity index (χ0) is 14.6. The van der Waals surface area contributed by atoms with Crippen molar-refractivity contribution in [1.82, 2.24) is 15.5 Å². The Bertz CT molecular complexity index is 367. The van der Waals surface area contributed by atoms with Gasteiger partial charge in [-0.15, -0.1) is 0 Å². The van der Waals surface area contributed by atoms with Crippen LogP contribution in [0.3, 0.4) is 0 Å². The quantitative estimate of drug-likeness (QED) is 0.807. The Morgan fingerprint density at radius 3 is 2.65 bits per heavy atom. The van der Waals surface area contributed by atoms with E-state index in [9.17, 15) is 9.59 Å². The molecular formula is C14H25N3O3. The molecule has 1 saturated carbocycles. The van der Waals surface area contributed by atoms with Crippen molar-refractivity contribution >= 4 is 11.9 Å². The number of rotatable bonds is 3. The molecule has 1 aliphatic carbocycles. The Balaban J connectivity index is 2.06. The van der Waals surface area contributed by atoms with E-state index < -0.39 is 5.54 Å². The minimum Gasteiger partial charge on any atom is -0.375 e. The van der Waals surface area contributed by atoms with Crippen LogP contribution >= 0.6 is 0 Å². The van der Waals surface area contributed by atoms with E-state index in [1.54, 1.807) is 0 Å². The van der Waals surface area contributed by atoms with Crippen LogP contribution in [0.4, 0.5) is 4.79 Å². The number of hydrogen-bond acceptors (Lipinski definition) is 3. The van der Waals surface area contributed by atoms with Crippen LogP contribution in [0.15, 0.2) is 0 Å². The van der Waals surface area contributed by atoms with E-state index >= 15 is 0 Å². The highest BCUT2D eigenvalue weighted by Crippen LogP contribution is 2.32. The van der Waals surface area contributed by atoms with Crippen LogP contribution in [0.25, 0.3) is 0 Å². The normalized spacial score (nSPS) is 25.3. The SMILES string of the molecule is CCNC(=O)NC1(C(=O)N2CCO[C@H](C)C2)CCCC1. The van der Waals surface area contributed by atoms with Gasteiger partial charge in [0.2, 0.25) is 5.91 Å². The molecule has 0 bridgehead atoms. The number of ether oxygens (including phenoxy) is 1. The number of carbonyl (C=O) groups is 2. The monoisotopic (exact) mass is 283 g/mol. The Morgan fingerprint density at radius 1 is 1.35 bits per heavy atom. The minimum atomic E-state index is -0.712. The standard InChI is InChI=1S/C14H25N3O3/c1-3-15-13(19)16-14(6-4-5-7-14)12(18)17-8-9-20-11(2)10-17/h11H,3-10H2,1-2H3,(H2,15,16,19)/t11-/m1/s1. The Morgan fingerprint density at radius 2 is 2.05 bits per heavy atom. The Labute approximate surface area is 120 Å². The maximum Gasteiger partial charge on any atom is 0.315 e. The fourth-order valence-electron chi connectivity index (χ4n) is 3.10. The maximum absolute atomic E-state index is 12.8. The summed E-state index contributed by atoms with van der Waals surface area (Å²) in [6.07, 6.45) is 3.50. The van der Waals surface area contributed by atoms with Gasteiger partial charge < -0.3 is 20.3 Å². The molecule has 0 aromatic rings. The van der Waals surface area contributed by atoms with Crippen molar-refractivity contribution in [3.05, 3.63) is 0 Å². The first-order valence-corrected chi connectivity index (χ1v) is 7.54. The van der Waals surface area contributed by atoms with Crippen LogP contribution in [-0.2, 0) is 9.53 Å². The summed E-state index contributed by atoms with van der Waals surface area (Å²) in [5, 5.41) is 5.64. The van der Waals surface area contributed by atoms with Crippen LogP contribution in [0, 0.1) is 0 Å². The van der Waals surface area contributed by atoms with Crippen LogP contribution < -0.4 is 10.6 Å². The zero-order valence-electron chi connectivity index (χ0n) is 12.4. The average Bonchev–Trinajstić information content (AvgIpc) is 2.87. The molecule has 3 amide bonds. The average molecular weight is 283 g/mol. The molecule has 1 saturated heterocycles. The molecule has 1 heterocycles. The summed E-state index contributed by atoms with van der Waals surface area (Å²) in [5.41, 5.74) is -0.712. The highest BCUT2D eigenvalue weighted by molar-refractivity contribution is 5.91. The van der Waals surface area contributed by atoms with Crippen LogP contribution in [0.2, 0.25) is 0 Å². The number of hydrogen-bond donors (Lipinski definition) is 2. The molecule has 2 N–H and O–H groups in total. The van der Waals surface area contributed by atoms with Crippen molar-refractivity contribution in [3.8, 4) is 0 Å². The van der Waals surface area contributed by atoms with Crippen molar-refractivity contribution in [2.24, 2.45) is 0 Å². The first-order chi connectivity index (χ1) is 9.57. The summed E-state index contributed by atoms with van der Waals surface area (Å²) < 4.78 is 5.48. The maximum atomic E-state index is 12.8. The van der Waals surface area contributed by atoms with Gasteiger partial charge in [0.15, 0.2) is 0 Å². The predicted molar refractivity (Wildman–Crippen MR) is 75.4 cm³/mol. The Hall–Kier alpha value is -1.30. The van der Waals surface area contributed by atoms with Crippen molar-refractivity contribution < 1.29 is 14.3 Å². The van der Waals surface area contributed by atoms with E-state index in [2.05, 4.69) is 10.6 Å². The summed E-state index contributed by atoms with van der Waals surface area (Å²) >= 11 is 0.